The highest BCUT2D eigenvalue weighted by Crippen LogP contribution is 2.21. The van der Waals surface area contributed by atoms with E-state index in [1.165, 1.54) is 19.1 Å². The second kappa shape index (κ2) is 6.21. The van der Waals surface area contributed by atoms with E-state index in [4.69, 9.17) is 4.74 Å². The van der Waals surface area contributed by atoms with Crippen LogP contribution in [0.1, 0.15) is 6.92 Å². The van der Waals surface area contributed by atoms with Crippen LogP contribution < -0.4 is 10.1 Å². The van der Waals surface area contributed by atoms with Crippen LogP contribution in [0, 0.1) is 5.82 Å². The topological polar surface area (TPSA) is 75.7 Å². The first-order chi connectivity index (χ1) is 9.88. The van der Waals surface area contributed by atoms with Gasteiger partial charge in [0.15, 0.2) is 18.2 Å². The fraction of sp³-hybridized carbons (Fsp3) is 0.308. The molecule has 3 amide bonds. The van der Waals surface area contributed by atoms with Crippen LogP contribution in [-0.2, 0) is 14.4 Å². The third-order valence-corrected chi connectivity index (χ3v) is 3.48. The van der Waals surface area contributed by atoms with Crippen LogP contribution >= 0.6 is 15.9 Å². The Morgan fingerprint density at radius 2 is 2.24 bits per heavy atom. The summed E-state index contributed by atoms with van der Waals surface area (Å²) in [5.41, 5.74) is 0. The summed E-state index contributed by atoms with van der Waals surface area (Å²) in [7, 11) is 0. The summed E-state index contributed by atoms with van der Waals surface area (Å²) in [6.07, 6.45) is 0. The highest BCUT2D eigenvalue weighted by Gasteiger charge is 2.33. The average molecular weight is 359 g/mol. The summed E-state index contributed by atoms with van der Waals surface area (Å²) in [6.45, 7) is 0.821. The normalized spacial score (nSPS) is 18.4. The van der Waals surface area contributed by atoms with Crippen LogP contribution in [0.15, 0.2) is 22.7 Å². The molecule has 0 bridgehead atoms. The van der Waals surface area contributed by atoms with Gasteiger partial charge in [0, 0.05) is 4.47 Å². The number of hydrogen-bond donors (Lipinski definition) is 1. The van der Waals surface area contributed by atoms with E-state index in [1.807, 2.05) is 0 Å². The molecule has 1 aromatic rings. The lowest BCUT2D eigenvalue weighted by Crippen LogP contribution is -2.59. The summed E-state index contributed by atoms with van der Waals surface area (Å²) in [5.74, 6) is -2.35. The number of carbonyl (C=O) groups is 3. The van der Waals surface area contributed by atoms with Crippen molar-refractivity contribution in [2.75, 3.05) is 13.2 Å². The molecule has 2 rings (SSSR count). The largest absolute Gasteiger partial charge is 0.481 e. The first-order valence-electron chi connectivity index (χ1n) is 6.09. The van der Waals surface area contributed by atoms with E-state index in [2.05, 4.69) is 21.2 Å². The van der Waals surface area contributed by atoms with E-state index in [9.17, 15) is 18.8 Å². The number of piperazine rings is 1. The number of amides is 3. The fourth-order valence-electron chi connectivity index (χ4n) is 1.83. The Balaban J connectivity index is 2.01. The molecule has 1 aliphatic heterocycles. The number of ether oxygens (including phenoxy) is 1. The maximum absolute atomic E-state index is 13.5. The van der Waals surface area contributed by atoms with E-state index in [0.29, 0.717) is 4.47 Å². The number of benzene rings is 1. The molecule has 0 aliphatic carbocycles. The molecule has 1 saturated heterocycles. The van der Waals surface area contributed by atoms with Crippen molar-refractivity contribution < 1.29 is 23.5 Å². The van der Waals surface area contributed by atoms with Gasteiger partial charge in [0.2, 0.25) is 11.8 Å². The Labute approximate surface area is 128 Å². The van der Waals surface area contributed by atoms with Gasteiger partial charge in [0.05, 0.1) is 0 Å². The van der Waals surface area contributed by atoms with Crippen LogP contribution in [0.5, 0.6) is 5.75 Å². The van der Waals surface area contributed by atoms with E-state index < -0.39 is 36.2 Å². The monoisotopic (exact) mass is 358 g/mol. The van der Waals surface area contributed by atoms with E-state index in [0.717, 1.165) is 4.90 Å². The SMILES string of the molecule is CC1C(=O)NC(=O)CN1C(=O)COc1ccc(Br)cc1F. The van der Waals surface area contributed by atoms with Gasteiger partial charge in [0.25, 0.3) is 5.91 Å². The Morgan fingerprint density at radius 3 is 2.90 bits per heavy atom. The molecule has 1 N–H and O–H groups in total. The van der Waals surface area contributed by atoms with E-state index >= 15 is 0 Å². The number of hydrogen-bond acceptors (Lipinski definition) is 4. The molecule has 0 saturated carbocycles. The molecule has 1 unspecified atom stereocenters. The first kappa shape index (κ1) is 15.4. The minimum Gasteiger partial charge on any atom is -0.481 e. The van der Waals surface area contributed by atoms with E-state index in [-0.39, 0.29) is 12.3 Å². The number of imide groups is 1. The summed E-state index contributed by atoms with van der Waals surface area (Å²) < 4.78 is 19.2. The predicted octanol–water partition coefficient (Wildman–Crippen LogP) is 0.841. The van der Waals surface area contributed by atoms with Gasteiger partial charge in [-0.25, -0.2) is 4.39 Å². The maximum atomic E-state index is 13.5. The molecule has 8 heteroatoms. The van der Waals surface area contributed by atoms with Gasteiger partial charge in [-0.3, -0.25) is 19.7 Å². The van der Waals surface area contributed by atoms with Gasteiger partial charge >= 0.3 is 0 Å². The van der Waals surface area contributed by atoms with Crippen molar-refractivity contribution in [3.05, 3.63) is 28.5 Å². The second-order valence-corrected chi connectivity index (χ2v) is 5.39. The fourth-order valence-corrected chi connectivity index (χ4v) is 2.17. The van der Waals surface area contributed by atoms with Gasteiger partial charge in [-0.2, -0.15) is 0 Å². The van der Waals surface area contributed by atoms with Gasteiger partial charge in [0.1, 0.15) is 12.6 Å². The molecule has 1 fully saturated rings. The molecular formula is C13H12BrFN2O4. The molecule has 0 radical (unpaired) electrons. The number of carbonyl (C=O) groups excluding carboxylic acids is 3. The minimum atomic E-state index is -0.770. The van der Waals surface area contributed by atoms with Crippen molar-refractivity contribution in [3.63, 3.8) is 0 Å². The Kier molecular flexibility index (Phi) is 4.56. The maximum Gasteiger partial charge on any atom is 0.261 e. The van der Waals surface area contributed by atoms with Crippen molar-refractivity contribution in [1.82, 2.24) is 10.2 Å². The van der Waals surface area contributed by atoms with Crippen LogP contribution in [0.4, 0.5) is 4.39 Å². The van der Waals surface area contributed by atoms with Crippen LogP contribution in [0.25, 0.3) is 0 Å². The number of rotatable bonds is 3. The number of nitrogens with zero attached hydrogens (tertiary/aromatic N) is 1. The lowest BCUT2D eigenvalue weighted by molar-refractivity contribution is -0.150. The highest BCUT2D eigenvalue weighted by atomic mass is 79.9. The van der Waals surface area contributed by atoms with Crippen LogP contribution in [0.2, 0.25) is 0 Å². The summed E-state index contributed by atoms with van der Waals surface area (Å²) >= 11 is 3.11. The molecule has 1 aromatic carbocycles. The summed E-state index contributed by atoms with van der Waals surface area (Å²) in [6, 6.07) is 3.39. The molecule has 1 aliphatic rings. The standard InChI is InChI=1S/C13H12BrFN2O4/c1-7-13(20)16-11(18)5-17(7)12(19)6-21-10-3-2-8(14)4-9(10)15/h2-4,7H,5-6H2,1H3,(H,16,18,20). The first-order valence-corrected chi connectivity index (χ1v) is 6.89. The second-order valence-electron chi connectivity index (χ2n) is 4.47. The van der Waals surface area contributed by atoms with Gasteiger partial charge in [-0.15, -0.1) is 0 Å². The molecular weight excluding hydrogens is 347 g/mol. The Hall–Kier alpha value is -1.96. The van der Waals surface area contributed by atoms with Crippen molar-refractivity contribution >= 4 is 33.7 Å². The van der Waals surface area contributed by atoms with Crippen molar-refractivity contribution in [2.24, 2.45) is 0 Å². The third kappa shape index (κ3) is 3.57. The lowest BCUT2D eigenvalue weighted by Gasteiger charge is -2.31. The van der Waals surface area contributed by atoms with E-state index in [1.54, 1.807) is 6.07 Å². The Bertz CT molecular complexity index is 608. The van der Waals surface area contributed by atoms with Gasteiger partial charge in [-0.1, -0.05) is 15.9 Å². The predicted molar refractivity (Wildman–Crippen MR) is 73.9 cm³/mol. The molecule has 0 aromatic heterocycles. The zero-order chi connectivity index (χ0) is 15.6. The zero-order valence-corrected chi connectivity index (χ0v) is 12.6. The molecule has 0 spiro atoms. The van der Waals surface area contributed by atoms with Crippen molar-refractivity contribution in [2.45, 2.75) is 13.0 Å². The average Bonchev–Trinajstić information content (AvgIpc) is 2.41. The molecule has 6 nitrogen and oxygen atoms in total. The minimum absolute atomic E-state index is 0.0769. The third-order valence-electron chi connectivity index (χ3n) is 2.99. The van der Waals surface area contributed by atoms with Gasteiger partial charge < -0.3 is 9.64 Å². The lowest BCUT2D eigenvalue weighted by atomic mass is 10.2. The van der Waals surface area contributed by atoms with Crippen LogP contribution in [0.3, 0.4) is 0 Å². The number of nitrogens with one attached hydrogen (secondary N) is 1. The number of halogens is 2. The summed E-state index contributed by atoms with van der Waals surface area (Å²) in [5, 5.41) is 2.13. The Morgan fingerprint density at radius 1 is 1.52 bits per heavy atom. The zero-order valence-electron chi connectivity index (χ0n) is 11.1. The molecule has 1 atom stereocenters. The van der Waals surface area contributed by atoms with Crippen molar-refractivity contribution in [1.29, 1.82) is 0 Å². The molecule has 1 heterocycles. The highest BCUT2D eigenvalue weighted by molar-refractivity contribution is 9.10. The quantitative estimate of drug-likeness (QED) is 0.812. The summed E-state index contributed by atoms with van der Waals surface area (Å²) in [4.78, 5) is 35.8. The smallest absolute Gasteiger partial charge is 0.261 e. The van der Waals surface area contributed by atoms with Crippen molar-refractivity contribution in [3.8, 4) is 5.75 Å². The molecule has 21 heavy (non-hydrogen) atoms. The van der Waals surface area contributed by atoms with Gasteiger partial charge in [-0.05, 0) is 25.1 Å². The van der Waals surface area contributed by atoms with Crippen LogP contribution in [-0.4, -0.2) is 41.8 Å². The molecule has 112 valence electrons.